The van der Waals surface area contributed by atoms with Crippen LogP contribution in [0.5, 0.6) is 0 Å². The van der Waals surface area contributed by atoms with Crippen LogP contribution in [-0.2, 0) is 6.54 Å². The van der Waals surface area contributed by atoms with E-state index in [1.807, 2.05) is 36.2 Å². The fraction of sp³-hybridized carbons (Fsp3) is 0.364. The van der Waals surface area contributed by atoms with Crippen LogP contribution in [0.3, 0.4) is 0 Å². The van der Waals surface area contributed by atoms with Crippen molar-refractivity contribution >= 4 is 28.9 Å². The third kappa shape index (κ3) is 4.06. The molecule has 82 valence electrons. The zero-order valence-electron chi connectivity index (χ0n) is 8.96. The lowest BCUT2D eigenvalue weighted by Crippen LogP contribution is -2.36. The second kappa shape index (κ2) is 5.93. The summed E-state index contributed by atoms with van der Waals surface area (Å²) < 4.78 is 0. The molecule has 1 aromatic carbocycles. The maximum absolute atomic E-state index is 5.79. The Morgan fingerprint density at radius 1 is 1.40 bits per heavy atom. The molecule has 2 nitrogen and oxygen atoms in total. The fourth-order valence-electron chi connectivity index (χ4n) is 1.06. The maximum Gasteiger partial charge on any atom is 0.168 e. The number of hydrogen-bond donors (Lipinski definition) is 1. The quantitative estimate of drug-likeness (QED) is 0.821. The first-order valence-corrected chi connectivity index (χ1v) is 5.65. The van der Waals surface area contributed by atoms with E-state index in [-0.39, 0.29) is 0 Å². The van der Waals surface area contributed by atoms with Crippen LogP contribution in [-0.4, -0.2) is 23.6 Å². The summed E-state index contributed by atoms with van der Waals surface area (Å²) in [4.78, 5) is 1.99. The molecule has 0 saturated heterocycles. The predicted molar refractivity (Wildman–Crippen MR) is 69.2 cm³/mol. The monoisotopic (exact) mass is 242 g/mol. The van der Waals surface area contributed by atoms with Crippen LogP contribution in [0.1, 0.15) is 12.5 Å². The van der Waals surface area contributed by atoms with Crippen molar-refractivity contribution in [1.82, 2.24) is 10.2 Å². The van der Waals surface area contributed by atoms with Gasteiger partial charge in [-0.05, 0) is 36.8 Å². The first-order chi connectivity index (χ1) is 7.13. The molecule has 0 saturated carbocycles. The minimum Gasteiger partial charge on any atom is -0.358 e. The molecule has 0 bridgehead atoms. The average Bonchev–Trinajstić information content (AvgIpc) is 2.26. The van der Waals surface area contributed by atoms with Gasteiger partial charge in [0, 0.05) is 25.2 Å². The molecule has 0 fully saturated rings. The van der Waals surface area contributed by atoms with Gasteiger partial charge in [0.05, 0.1) is 0 Å². The Morgan fingerprint density at radius 2 is 2.00 bits per heavy atom. The molecule has 0 radical (unpaired) electrons. The molecule has 1 N–H and O–H groups in total. The highest BCUT2D eigenvalue weighted by molar-refractivity contribution is 7.80. The zero-order chi connectivity index (χ0) is 11.3. The van der Waals surface area contributed by atoms with Crippen LogP contribution in [0.15, 0.2) is 24.3 Å². The van der Waals surface area contributed by atoms with Crippen LogP contribution in [0.2, 0.25) is 5.02 Å². The van der Waals surface area contributed by atoms with Crippen molar-refractivity contribution in [3.8, 4) is 0 Å². The van der Waals surface area contributed by atoms with Crippen molar-refractivity contribution < 1.29 is 0 Å². The van der Waals surface area contributed by atoms with Gasteiger partial charge in [-0.15, -0.1) is 0 Å². The van der Waals surface area contributed by atoms with E-state index in [0.717, 1.165) is 23.2 Å². The van der Waals surface area contributed by atoms with Gasteiger partial charge >= 0.3 is 0 Å². The summed E-state index contributed by atoms with van der Waals surface area (Å²) in [6, 6.07) is 7.74. The molecule has 0 aliphatic rings. The molecule has 0 aromatic heterocycles. The van der Waals surface area contributed by atoms with Gasteiger partial charge in [-0.2, -0.15) is 0 Å². The SMILES string of the molecule is CCN(C)C(=S)NCc1ccc(Cl)cc1. The maximum atomic E-state index is 5.79. The number of nitrogens with one attached hydrogen (secondary N) is 1. The van der Waals surface area contributed by atoms with Crippen LogP contribution in [0, 0.1) is 0 Å². The zero-order valence-corrected chi connectivity index (χ0v) is 10.5. The van der Waals surface area contributed by atoms with Crippen molar-refractivity contribution in [3.05, 3.63) is 34.9 Å². The van der Waals surface area contributed by atoms with Crippen molar-refractivity contribution in [2.45, 2.75) is 13.5 Å². The predicted octanol–water partition coefficient (Wildman–Crippen LogP) is 2.67. The molecular weight excluding hydrogens is 228 g/mol. The number of hydrogen-bond acceptors (Lipinski definition) is 1. The van der Waals surface area contributed by atoms with Gasteiger partial charge in [-0.1, -0.05) is 23.7 Å². The number of halogens is 1. The molecular formula is C11H15ClN2S. The third-order valence-corrected chi connectivity index (χ3v) is 2.89. The largest absolute Gasteiger partial charge is 0.358 e. The van der Waals surface area contributed by atoms with Crippen LogP contribution >= 0.6 is 23.8 Å². The Hall–Kier alpha value is -0.800. The first-order valence-electron chi connectivity index (χ1n) is 4.87. The normalized spacial score (nSPS) is 9.80. The van der Waals surface area contributed by atoms with Crippen molar-refractivity contribution in [1.29, 1.82) is 0 Å². The van der Waals surface area contributed by atoms with Crippen molar-refractivity contribution in [3.63, 3.8) is 0 Å². The highest BCUT2D eigenvalue weighted by atomic mass is 35.5. The molecule has 0 heterocycles. The van der Waals surface area contributed by atoms with Gasteiger partial charge in [0.2, 0.25) is 0 Å². The second-order valence-electron chi connectivity index (χ2n) is 3.30. The molecule has 0 amide bonds. The van der Waals surface area contributed by atoms with E-state index in [1.54, 1.807) is 0 Å². The molecule has 1 aromatic rings. The van der Waals surface area contributed by atoms with Crippen molar-refractivity contribution in [2.24, 2.45) is 0 Å². The Bertz CT molecular complexity index is 324. The summed E-state index contributed by atoms with van der Waals surface area (Å²) in [5, 5.41) is 4.71. The van der Waals surface area contributed by atoms with Gasteiger partial charge in [-0.3, -0.25) is 0 Å². The average molecular weight is 243 g/mol. The minimum absolute atomic E-state index is 0.736. The number of thiocarbonyl (C=S) groups is 1. The lowest BCUT2D eigenvalue weighted by atomic mass is 10.2. The van der Waals surface area contributed by atoms with E-state index in [0.29, 0.717) is 0 Å². The molecule has 4 heteroatoms. The standard InChI is InChI=1S/C11H15ClN2S/c1-3-14(2)11(15)13-8-9-4-6-10(12)7-5-9/h4-7H,3,8H2,1-2H3,(H,13,15). The highest BCUT2D eigenvalue weighted by Gasteiger charge is 2.00. The van der Waals surface area contributed by atoms with E-state index < -0.39 is 0 Å². The summed E-state index contributed by atoms with van der Waals surface area (Å²) in [5.41, 5.74) is 1.17. The van der Waals surface area contributed by atoms with Gasteiger partial charge < -0.3 is 10.2 Å². The molecule has 0 atom stereocenters. The smallest absolute Gasteiger partial charge is 0.168 e. The van der Waals surface area contributed by atoms with Crippen LogP contribution < -0.4 is 5.32 Å². The van der Waals surface area contributed by atoms with E-state index in [9.17, 15) is 0 Å². The second-order valence-corrected chi connectivity index (χ2v) is 4.12. The Morgan fingerprint density at radius 3 is 2.53 bits per heavy atom. The Kier molecular flexibility index (Phi) is 4.85. The molecule has 15 heavy (non-hydrogen) atoms. The summed E-state index contributed by atoms with van der Waals surface area (Å²) in [5.74, 6) is 0. The Balaban J connectivity index is 2.43. The van der Waals surface area contributed by atoms with Gasteiger partial charge in [0.25, 0.3) is 0 Å². The van der Waals surface area contributed by atoms with E-state index in [2.05, 4.69) is 12.2 Å². The highest BCUT2D eigenvalue weighted by Crippen LogP contribution is 2.09. The Labute approximate surface area is 101 Å². The number of nitrogens with zero attached hydrogens (tertiary/aromatic N) is 1. The van der Waals surface area contributed by atoms with E-state index in [1.165, 1.54) is 5.56 Å². The van der Waals surface area contributed by atoms with E-state index >= 15 is 0 Å². The molecule has 0 unspecified atom stereocenters. The molecule has 0 spiro atoms. The lowest BCUT2D eigenvalue weighted by Gasteiger charge is -2.18. The van der Waals surface area contributed by atoms with Crippen LogP contribution in [0.4, 0.5) is 0 Å². The minimum atomic E-state index is 0.736. The summed E-state index contributed by atoms with van der Waals surface area (Å²) >= 11 is 11.0. The first kappa shape index (κ1) is 12.3. The summed E-state index contributed by atoms with van der Waals surface area (Å²) in [7, 11) is 1.97. The van der Waals surface area contributed by atoms with Gasteiger partial charge in [-0.25, -0.2) is 0 Å². The molecule has 0 aliphatic carbocycles. The van der Waals surface area contributed by atoms with Crippen LogP contribution in [0.25, 0.3) is 0 Å². The molecule has 0 aliphatic heterocycles. The lowest BCUT2D eigenvalue weighted by molar-refractivity contribution is 0.521. The number of rotatable bonds is 3. The van der Waals surface area contributed by atoms with E-state index in [4.69, 9.17) is 23.8 Å². The molecule has 1 rings (SSSR count). The van der Waals surface area contributed by atoms with Gasteiger partial charge in [0.1, 0.15) is 0 Å². The number of benzene rings is 1. The van der Waals surface area contributed by atoms with Gasteiger partial charge in [0.15, 0.2) is 5.11 Å². The topological polar surface area (TPSA) is 15.3 Å². The summed E-state index contributed by atoms with van der Waals surface area (Å²) in [6.07, 6.45) is 0. The fourth-order valence-corrected chi connectivity index (χ4v) is 1.39. The van der Waals surface area contributed by atoms with Crippen molar-refractivity contribution in [2.75, 3.05) is 13.6 Å². The third-order valence-electron chi connectivity index (χ3n) is 2.18. The summed E-state index contributed by atoms with van der Waals surface area (Å²) in [6.45, 7) is 3.71.